The van der Waals surface area contributed by atoms with Crippen molar-refractivity contribution >= 4 is 21.6 Å². The van der Waals surface area contributed by atoms with E-state index in [0.29, 0.717) is 4.31 Å². The second-order valence-corrected chi connectivity index (χ2v) is 9.23. The Morgan fingerprint density at radius 2 is 1.70 bits per heavy atom. The first-order valence-corrected chi connectivity index (χ1v) is 11.1. The fourth-order valence-corrected chi connectivity index (χ4v) is 4.52. The summed E-state index contributed by atoms with van der Waals surface area (Å²) in [5.41, 5.74) is 1.68. The molecule has 2 aromatic carbocycles. The Hall–Kier alpha value is -2.55. The average Bonchev–Trinajstić information content (AvgIpc) is 2.59. The van der Waals surface area contributed by atoms with Crippen LogP contribution in [0.5, 0.6) is 0 Å². The maximum atomic E-state index is 13.1. The number of nitrogens with zero attached hydrogens (tertiary/aromatic N) is 1. The van der Waals surface area contributed by atoms with Crippen LogP contribution in [0.4, 0.5) is 18.9 Å². The van der Waals surface area contributed by atoms with Gasteiger partial charge in [0.05, 0.1) is 23.5 Å². The highest BCUT2D eigenvalue weighted by Gasteiger charge is 2.34. The smallest absolute Gasteiger partial charge is 0.348 e. The van der Waals surface area contributed by atoms with E-state index in [1.165, 1.54) is 13.0 Å². The molecule has 5 nitrogen and oxygen atoms in total. The molecule has 0 saturated carbocycles. The molecular formula is C21H25F3N2O3S. The quantitative estimate of drug-likeness (QED) is 0.723. The van der Waals surface area contributed by atoms with Crippen molar-refractivity contribution in [1.29, 1.82) is 0 Å². The van der Waals surface area contributed by atoms with Crippen molar-refractivity contribution in [2.45, 2.75) is 46.0 Å². The minimum atomic E-state index is -4.64. The predicted molar refractivity (Wildman–Crippen MR) is 111 cm³/mol. The number of hydrogen-bond acceptors (Lipinski definition) is 3. The molecule has 164 valence electrons. The van der Waals surface area contributed by atoms with Crippen molar-refractivity contribution in [3.8, 4) is 0 Å². The maximum Gasteiger partial charge on any atom is 0.416 e. The van der Waals surface area contributed by atoms with Gasteiger partial charge in [-0.2, -0.15) is 13.2 Å². The van der Waals surface area contributed by atoms with E-state index in [-0.39, 0.29) is 5.69 Å². The first kappa shape index (κ1) is 23.7. The third kappa shape index (κ3) is 5.53. The number of alkyl halides is 3. The number of benzene rings is 2. The van der Waals surface area contributed by atoms with E-state index in [1.54, 1.807) is 6.92 Å². The number of halogens is 3. The van der Waals surface area contributed by atoms with Gasteiger partial charge in [0, 0.05) is 0 Å². The van der Waals surface area contributed by atoms with Crippen molar-refractivity contribution in [3.63, 3.8) is 0 Å². The summed E-state index contributed by atoms with van der Waals surface area (Å²) < 4.78 is 64.6. The Labute approximate surface area is 175 Å². The van der Waals surface area contributed by atoms with Crippen LogP contribution >= 0.6 is 0 Å². The molecule has 2 atom stereocenters. The molecule has 0 heterocycles. The van der Waals surface area contributed by atoms with Gasteiger partial charge in [-0.3, -0.25) is 9.10 Å². The van der Waals surface area contributed by atoms with Gasteiger partial charge in [0.25, 0.3) is 0 Å². The summed E-state index contributed by atoms with van der Waals surface area (Å²) in [4.78, 5) is 12.8. The van der Waals surface area contributed by atoms with Crippen molar-refractivity contribution < 1.29 is 26.4 Å². The molecule has 1 N–H and O–H groups in total. The van der Waals surface area contributed by atoms with Crippen LogP contribution in [-0.2, 0) is 21.0 Å². The lowest BCUT2D eigenvalue weighted by Crippen LogP contribution is -2.48. The van der Waals surface area contributed by atoms with Crippen LogP contribution in [0, 0.1) is 13.8 Å². The van der Waals surface area contributed by atoms with Crippen LogP contribution in [0.1, 0.15) is 42.1 Å². The topological polar surface area (TPSA) is 66.5 Å². The molecule has 1 amide bonds. The predicted octanol–water partition coefficient (Wildman–Crippen LogP) is 4.35. The number of amides is 1. The summed E-state index contributed by atoms with van der Waals surface area (Å²) in [6, 6.07) is 7.98. The molecule has 2 rings (SSSR count). The molecule has 0 aromatic heterocycles. The maximum absolute atomic E-state index is 13.1. The number of rotatable bonds is 6. The molecule has 0 saturated heterocycles. The van der Waals surface area contributed by atoms with Gasteiger partial charge in [-0.1, -0.05) is 29.8 Å². The van der Waals surface area contributed by atoms with Crippen LogP contribution < -0.4 is 9.62 Å². The number of nitrogens with one attached hydrogen (secondary N) is 1. The lowest BCUT2D eigenvalue weighted by molar-refractivity contribution is -0.137. The molecule has 0 unspecified atom stereocenters. The van der Waals surface area contributed by atoms with Crippen molar-refractivity contribution in [1.82, 2.24) is 5.32 Å². The Morgan fingerprint density at radius 3 is 2.23 bits per heavy atom. The number of anilines is 1. The summed E-state index contributed by atoms with van der Waals surface area (Å²) in [5, 5.41) is 2.76. The molecule has 0 aliphatic carbocycles. The third-order valence-electron chi connectivity index (χ3n) is 4.77. The molecule has 0 aliphatic rings. The second kappa shape index (κ2) is 8.67. The van der Waals surface area contributed by atoms with Gasteiger partial charge in [0.15, 0.2) is 0 Å². The summed E-state index contributed by atoms with van der Waals surface area (Å²) >= 11 is 0. The van der Waals surface area contributed by atoms with Crippen LogP contribution in [0.25, 0.3) is 0 Å². The van der Waals surface area contributed by atoms with Crippen molar-refractivity contribution in [3.05, 3.63) is 64.7 Å². The van der Waals surface area contributed by atoms with E-state index in [0.717, 1.165) is 41.1 Å². The fourth-order valence-electron chi connectivity index (χ4n) is 3.35. The van der Waals surface area contributed by atoms with E-state index in [1.807, 2.05) is 32.0 Å². The third-order valence-corrected chi connectivity index (χ3v) is 6.01. The lowest BCUT2D eigenvalue weighted by atomic mass is 10.00. The van der Waals surface area contributed by atoms with Gasteiger partial charge in [0.2, 0.25) is 15.9 Å². The molecule has 30 heavy (non-hydrogen) atoms. The highest BCUT2D eigenvalue weighted by molar-refractivity contribution is 7.92. The highest BCUT2D eigenvalue weighted by atomic mass is 32.2. The first-order chi connectivity index (χ1) is 13.7. The van der Waals surface area contributed by atoms with Gasteiger partial charge in [-0.25, -0.2) is 8.42 Å². The highest BCUT2D eigenvalue weighted by Crippen LogP contribution is 2.33. The van der Waals surface area contributed by atoms with E-state index in [4.69, 9.17) is 0 Å². The van der Waals surface area contributed by atoms with Crippen LogP contribution in [0.3, 0.4) is 0 Å². The van der Waals surface area contributed by atoms with E-state index in [9.17, 15) is 26.4 Å². The fraction of sp³-hybridized carbons (Fsp3) is 0.381. The monoisotopic (exact) mass is 442 g/mol. The van der Waals surface area contributed by atoms with E-state index < -0.39 is 39.8 Å². The van der Waals surface area contributed by atoms with Crippen LogP contribution in [0.2, 0.25) is 0 Å². The number of hydrogen-bond donors (Lipinski definition) is 1. The van der Waals surface area contributed by atoms with E-state index >= 15 is 0 Å². The summed E-state index contributed by atoms with van der Waals surface area (Å²) in [5.74, 6) is -0.620. The summed E-state index contributed by atoms with van der Waals surface area (Å²) in [6.07, 6.45) is -3.78. The Morgan fingerprint density at radius 1 is 1.07 bits per heavy atom. The van der Waals surface area contributed by atoms with Gasteiger partial charge < -0.3 is 5.32 Å². The minimum absolute atomic E-state index is 0.228. The SMILES string of the molecule is Cc1ccc([C@@H](C)NC(=O)[C@@H](C)N(c2cccc(C(F)(F)F)c2)S(C)(=O)=O)c(C)c1. The molecule has 9 heteroatoms. The van der Waals surface area contributed by atoms with Crippen molar-refractivity contribution in [2.75, 3.05) is 10.6 Å². The molecule has 0 radical (unpaired) electrons. The zero-order valence-electron chi connectivity index (χ0n) is 17.4. The van der Waals surface area contributed by atoms with E-state index in [2.05, 4.69) is 5.32 Å². The van der Waals surface area contributed by atoms with Crippen LogP contribution in [-0.4, -0.2) is 26.6 Å². The molecular weight excluding hydrogens is 417 g/mol. The summed E-state index contributed by atoms with van der Waals surface area (Å²) in [6.45, 7) is 6.95. The molecule has 0 bridgehead atoms. The Balaban J connectivity index is 2.34. The van der Waals surface area contributed by atoms with Gasteiger partial charge >= 0.3 is 6.18 Å². The number of sulfonamides is 1. The van der Waals surface area contributed by atoms with Crippen molar-refractivity contribution in [2.24, 2.45) is 0 Å². The second-order valence-electron chi connectivity index (χ2n) is 7.37. The molecule has 0 fully saturated rings. The Kier molecular flexibility index (Phi) is 6.86. The standard InChI is InChI=1S/C21H25F3N2O3S/c1-13-9-10-19(14(2)11-13)15(3)25-20(27)16(4)26(30(5,28)29)18-8-6-7-17(12-18)21(22,23)24/h6-12,15-16H,1-5H3,(H,25,27)/t15-,16-/m1/s1. The number of carbonyl (C=O) groups is 1. The zero-order chi connectivity index (χ0) is 22.9. The average molecular weight is 443 g/mol. The van der Waals surface area contributed by atoms with Gasteiger partial charge in [-0.05, 0) is 57.0 Å². The van der Waals surface area contributed by atoms with Gasteiger partial charge in [0.1, 0.15) is 6.04 Å². The summed E-state index contributed by atoms with van der Waals surface area (Å²) in [7, 11) is -4.03. The minimum Gasteiger partial charge on any atom is -0.348 e. The molecule has 0 aliphatic heterocycles. The number of aryl methyl sites for hydroxylation is 2. The molecule has 2 aromatic rings. The lowest BCUT2D eigenvalue weighted by Gasteiger charge is -2.30. The number of carbonyl (C=O) groups excluding carboxylic acids is 1. The first-order valence-electron chi connectivity index (χ1n) is 9.26. The van der Waals surface area contributed by atoms with Crippen LogP contribution in [0.15, 0.2) is 42.5 Å². The largest absolute Gasteiger partial charge is 0.416 e. The Bertz CT molecular complexity index is 1040. The van der Waals surface area contributed by atoms with Gasteiger partial charge in [-0.15, -0.1) is 0 Å². The zero-order valence-corrected chi connectivity index (χ0v) is 18.2. The molecule has 0 spiro atoms. The normalized spacial score (nSPS) is 14.1.